The van der Waals surface area contributed by atoms with Crippen LogP contribution in [0.2, 0.25) is 0 Å². The first-order valence-corrected chi connectivity index (χ1v) is 8.85. The molecule has 0 radical (unpaired) electrons. The molecule has 3 rings (SSSR count). The van der Waals surface area contributed by atoms with Crippen molar-refractivity contribution >= 4 is 5.97 Å². The average molecular weight is 293 g/mol. The van der Waals surface area contributed by atoms with Gasteiger partial charge in [-0.1, -0.05) is 33.6 Å². The Hall–Kier alpha value is -0.570. The SMILES string of the molecule is CC1(C)[C@H]2CC[C@]1(C)[C@@H](OC(=O)CN1CCCCCC1)C2. The average Bonchev–Trinajstić information content (AvgIpc) is 2.69. The van der Waals surface area contributed by atoms with E-state index in [1.54, 1.807) is 0 Å². The minimum Gasteiger partial charge on any atom is -0.461 e. The number of hydrogen-bond donors (Lipinski definition) is 0. The smallest absolute Gasteiger partial charge is 0.320 e. The van der Waals surface area contributed by atoms with Crippen LogP contribution in [0.1, 0.15) is 65.7 Å². The van der Waals surface area contributed by atoms with E-state index in [1.807, 2.05) is 0 Å². The quantitative estimate of drug-likeness (QED) is 0.744. The Labute approximate surface area is 129 Å². The van der Waals surface area contributed by atoms with Gasteiger partial charge in [-0.25, -0.2) is 0 Å². The summed E-state index contributed by atoms with van der Waals surface area (Å²) >= 11 is 0. The Morgan fingerprint density at radius 2 is 1.81 bits per heavy atom. The van der Waals surface area contributed by atoms with Crippen LogP contribution in [-0.2, 0) is 9.53 Å². The normalized spacial score (nSPS) is 39.2. The van der Waals surface area contributed by atoms with Crippen LogP contribution in [0, 0.1) is 16.7 Å². The first-order valence-electron chi connectivity index (χ1n) is 8.85. The van der Waals surface area contributed by atoms with Gasteiger partial charge in [0.25, 0.3) is 0 Å². The van der Waals surface area contributed by atoms with Gasteiger partial charge in [-0.3, -0.25) is 9.69 Å². The van der Waals surface area contributed by atoms with Gasteiger partial charge in [-0.2, -0.15) is 0 Å². The fourth-order valence-electron chi connectivity index (χ4n) is 4.98. The Bertz CT molecular complexity index is 398. The van der Waals surface area contributed by atoms with E-state index in [9.17, 15) is 4.79 Å². The summed E-state index contributed by atoms with van der Waals surface area (Å²) in [5, 5.41) is 0. The first kappa shape index (κ1) is 15.3. The lowest BCUT2D eigenvalue weighted by molar-refractivity contribution is -0.158. The summed E-state index contributed by atoms with van der Waals surface area (Å²) in [4.78, 5) is 14.6. The second-order valence-electron chi connectivity index (χ2n) is 8.28. The Balaban J connectivity index is 1.56. The number of nitrogens with zero attached hydrogens (tertiary/aromatic N) is 1. The zero-order chi connectivity index (χ0) is 15.1. The van der Waals surface area contributed by atoms with Crippen molar-refractivity contribution in [3.8, 4) is 0 Å². The second-order valence-corrected chi connectivity index (χ2v) is 8.28. The molecule has 0 amide bonds. The zero-order valence-corrected chi connectivity index (χ0v) is 14.0. The molecule has 0 unspecified atom stereocenters. The predicted octanol–water partition coefficient (Wildman–Crippen LogP) is 3.62. The third kappa shape index (κ3) is 2.62. The van der Waals surface area contributed by atoms with Crippen LogP contribution in [0.4, 0.5) is 0 Å². The van der Waals surface area contributed by atoms with Gasteiger partial charge in [-0.05, 0) is 56.5 Å². The minimum absolute atomic E-state index is 0.00600. The van der Waals surface area contributed by atoms with Crippen LogP contribution in [0.5, 0.6) is 0 Å². The van der Waals surface area contributed by atoms with Gasteiger partial charge in [-0.15, -0.1) is 0 Å². The molecule has 0 spiro atoms. The molecular formula is C18H31NO2. The molecule has 1 saturated heterocycles. The number of carbonyl (C=O) groups is 1. The molecule has 0 aromatic carbocycles. The third-order valence-corrected chi connectivity index (χ3v) is 7.04. The highest BCUT2D eigenvalue weighted by Crippen LogP contribution is 2.66. The molecular weight excluding hydrogens is 262 g/mol. The Morgan fingerprint density at radius 1 is 1.14 bits per heavy atom. The first-order chi connectivity index (χ1) is 9.93. The monoisotopic (exact) mass is 293 g/mol. The topological polar surface area (TPSA) is 29.5 Å². The molecule has 2 saturated carbocycles. The molecule has 2 aliphatic carbocycles. The summed E-state index contributed by atoms with van der Waals surface area (Å²) in [5.41, 5.74) is 0.507. The molecule has 0 N–H and O–H groups in total. The van der Waals surface area contributed by atoms with Crippen LogP contribution < -0.4 is 0 Å². The highest BCUT2D eigenvalue weighted by Gasteiger charge is 2.62. The van der Waals surface area contributed by atoms with Crippen molar-refractivity contribution in [1.29, 1.82) is 0 Å². The summed E-state index contributed by atoms with van der Waals surface area (Å²) in [5.74, 6) is 0.741. The number of likely N-dealkylation sites (tertiary alicyclic amines) is 1. The van der Waals surface area contributed by atoms with E-state index in [2.05, 4.69) is 25.7 Å². The van der Waals surface area contributed by atoms with E-state index in [1.165, 1.54) is 38.5 Å². The number of carbonyl (C=O) groups excluding carboxylic acids is 1. The summed E-state index contributed by atoms with van der Waals surface area (Å²) in [7, 11) is 0. The lowest BCUT2D eigenvalue weighted by Gasteiger charge is -2.38. The molecule has 0 aromatic heterocycles. The lowest BCUT2D eigenvalue weighted by atomic mass is 9.70. The van der Waals surface area contributed by atoms with Crippen LogP contribution >= 0.6 is 0 Å². The van der Waals surface area contributed by atoms with Crippen molar-refractivity contribution in [2.45, 2.75) is 71.8 Å². The third-order valence-electron chi connectivity index (χ3n) is 7.04. The largest absolute Gasteiger partial charge is 0.461 e. The van der Waals surface area contributed by atoms with Gasteiger partial charge in [0.15, 0.2) is 0 Å². The molecule has 1 heterocycles. The molecule has 2 bridgehead atoms. The molecule has 1 aliphatic heterocycles. The van der Waals surface area contributed by atoms with Crippen LogP contribution in [-0.4, -0.2) is 36.6 Å². The molecule has 3 atom stereocenters. The van der Waals surface area contributed by atoms with E-state index in [-0.39, 0.29) is 17.5 Å². The summed E-state index contributed by atoms with van der Waals surface area (Å²) < 4.78 is 5.95. The van der Waals surface area contributed by atoms with E-state index >= 15 is 0 Å². The summed E-state index contributed by atoms with van der Waals surface area (Å²) in [6.07, 6.45) is 8.81. The predicted molar refractivity (Wildman–Crippen MR) is 84.0 cm³/mol. The molecule has 3 aliphatic rings. The van der Waals surface area contributed by atoms with Gasteiger partial charge in [0, 0.05) is 5.41 Å². The molecule has 3 nitrogen and oxygen atoms in total. The van der Waals surface area contributed by atoms with Crippen molar-refractivity contribution in [3.63, 3.8) is 0 Å². The lowest BCUT2D eigenvalue weighted by Crippen LogP contribution is -2.40. The maximum atomic E-state index is 12.3. The van der Waals surface area contributed by atoms with Gasteiger partial charge >= 0.3 is 5.97 Å². The summed E-state index contributed by atoms with van der Waals surface area (Å²) in [6.45, 7) is 9.69. The van der Waals surface area contributed by atoms with Gasteiger partial charge in [0.1, 0.15) is 6.10 Å². The van der Waals surface area contributed by atoms with Gasteiger partial charge in [0.05, 0.1) is 6.54 Å². The van der Waals surface area contributed by atoms with E-state index in [0.717, 1.165) is 25.4 Å². The zero-order valence-electron chi connectivity index (χ0n) is 14.0. The Morgan fingerprint density at radius 3 is 2.33 bits per heavy atom. The van der Waals surface area contributed by atoms with Crippen molar-refractivity contribution < 1.29 is 9.53 Å². The fraction of sp³-hybridized carbons (Fsp3) is 0.944. The van der Waals surface area contributed by atoms with Gasteiger partial charge in [0.2, 0.25) is 0 Å². The van der Waals surface area contributed by atoms with Crippen LogP contribution in [0.25, 0.3) is 0 Å². The van der Waals surface area contributed by atoms with E-state index < -0.39 is 0 Å². The number of esters is 1. The van der Waals surface area contributed by atoms with Crippen molar-refractivity contribution in [2.24, 2.45) is 16.7 Å². The van der Waals surface area contributed by atoms with Crippen LogP contribution in [0.3, 0.4) is 0 Å². The van der Waals surface area contributed by atoms with E-state index in [4.69, 9.17) is 4.74 Å². The maximum Gasteiger partial charge on any atom is 0.320 e. The highest BCUT2D eigenvalue weighted by atomic mass is 16.5. The van der Waals surface area contributed by atoms with Crippen molar-refractivity contribution in [1.82, 2.24) is 4.90 Å². The Kier molecular flexibility index (Phi) is 4.06. The number of rotatable bonds is 3. The van der Waals surface area contributed by atoms with Crippen LogP contribution in [0.15, 0.2) is 0 Å². The molecule has 3 heteroatoms. The fourth-order valence-corrected chi connectivity index (χ4v) is 4.98. The minimum atomic E-state index is 0.00600. The second kappa shape index (κ2) is 5.57. The standard InChI is InChI=1S/C18H31NO2/c1-17(2)14-8-9-18(17,3)15(12-14)21-16(20)13-19-10-6-4-5-7-11-19/h14-15H,4-13H2,1-3H3/t14-,15-,18+/m0/s1. The highest BCUT2D eigenvalue weighted by molar-refractivity contribution is 5.72. The molecule has 120 valence electrons. The summed E-state index contributed by atoms with van der Waals surface area (Å²) in [6, 6.07) is 0. The van der Waals surface area contributed by atoms with E-state index in [0.29, 0.717) is 12.0 Å². The molecule has 0 aromatic rings. The number of fused-ring (bicyclic) bond motifs is 2. The number of hydrogen-bond acceptors (Lipinski definition) is 3. The maximum absolute atomic E-state index is 12.3. The van der Waals surface area contributed by atoms with Crippen molar-refractivity contribution in [3.05, 3.63) is 0 Å². The van der Waals surface area contributed by atoms with Crippen molar-refractivity contribution in [2.75, 3.05) is 19.6 Å². The molecule has 3 fully saturated rings. The molecule has 21 heavy (non-hydrogen) atoms. The van der Waals surface area contributed by atoms with Gasteiger partial charge < -0.3 is 4.74 Å². The number of ether oxygens (including phenoxy) is 1.